The van der Waals surface area contributed by atoms with E-state index in [-0.39, 0.29) is 5.54 Å². The van der Waals surface area contributed by atoms with Crippen molar-refractivity contribution >= 4 is 0 Å². The molecule has 0 saturated carbocycles. The maximum absolute atomic E-state index is 5.97. The van der Waals surface area contributed by atoms with Crippen LogP contribution in [-0.2, 0) is 12.0 Å². The molecule has 1 saturated heterocycles. The lowest BCUT2D eigenvalue weighted by molar-refractivity contribution is 0.267. The van der Waals surface area contributed by atoms with Crippen molar-refractivity contribution in [2.24, 2.45) is 0 Å². The van der Waals surface area contributed by atoms with Crippen LogP contribution >= 0.6 is 0 Å². The molecule has 0 radical (unpaired) electrons. The predicted octanol–water partition coefficient (Wildman–Crippen LogP) is 3.39. The van der Waals surface area contributed by atoms with Crippen LogP contribution in [0.2, 0.25) is 0 Å². The van der Waals surface area contributed by atoms with Gasteiger partial charge in [-0.2, -0.15) is 0 Å². The quantitative estimate of drug-likeness (QED) is 0.819. The highest BCUT2D eigenvalue weighted by Gasteiger charge is 2.31. The van der Waals surface area contributed by atoms with Crippen molar-refractivity contribution in [3.8, 4) is 5.75 Å². The summed E-state index contributed by atoms with van der Waals surface area (Å²) < 4.78 is 5.97. The van der Waals surface area contributed by atoms with Gasteiger partial charge in [-0.1, -0.05) is 31.0 Å². The molecule has 98 valence electrons. The Morgan fingerprint density at radius 3 is 3.06 bits per heavy atom. The average Bonchev–Trinajstić information content (AvgIpc) is 2.64. The summed E-state index contributed by atoms with van der Waals surface area (Å²) in [6.45, 7) is 4.34. The molecule has 1 aromatic rings. The molecule has 0 spiro atoms. The van der Waals surface area contributed by atoms with Gasteiger partial charge in [-0.25, -0.2) is 0 Å². The lowest BCUT2D eigenvalue weighted by atomic mass is 9.85. The smallest absolute Gasteiger partial charge is 0.127 e. The summed E-state index contributed by atoms with van der Waals surface area (Å²) in [6.07, 6.45) is 7.49. The number of rotatable bonds is 1. The maximum Gasteiger partial charge on any atom is 0.127 e. The molecular formula is C16H23NO. The topological polar surface area (TPSA) is 21.3 Å². The van der Waals surface area contributed by atoms with E-state index in [2.05, 4.69) is 30.4 Å². The lowest BCUT2D eigenvalue weighted by Gasteiger charge is -2.33. The minimum Gasteiger partial charge on any atom is -0.493 e. The van der Waals surface area contributed by atoms with Crippen molar-refractivity contribution in [1.82, 2.24) is 5.32 Å². The fourth-order valence-corrected chi connectivity index (χ4v) is 3.29. The lowest BCUT2D eigenvalue weighted by Crippen LogP contribution is -2.39. The van der Waals surface area contributed by atoms with Crippen LogP contribution in [0, 0.1) is 0 Å². The highest BCUT2D eigenvalue weighted by atomic mass is 16.5. The maximum atomic E-state index is 5.97. The molecule has 2 nitrogen and oxygen atoms in total. The standard InChI is InChI=1S/C16H23NO/c1-16(10-3-2-4-11-17-16)14-9-5-7-13-8-6-12-18-15(13)14/h5,7,9,17H,2-4,6,8,10-12H2,1H3. The number of ether oxygens (including phenoxy) is 1. The third-order valence-electron chi connectivity index (χ3n) is 4.40. The Kier molecular flexibility index (Phi) is 3.29. The Labute approximate surface area is 110 Å². The summed E-state index contributed by atoms with van der Waals surface area (Å²) >= 11 is 0. The van der Waals surface area contributed by atoms with Crippen molar-refractivity contribution < 1.29 is 4.74 Å². The molecule has 3 rings (SSSR count). The summed E-state index contributed by atoms with van der Waals surface area (Å²) in [7, 11) is 0. The van der Waals surface area contributed by atoms with Crippen LogP contribution in [0.1, 0.15) is 50.2 Å². The predicted molar refractivity (Wildman–Crippen MR) is 74.1 cm³/mol. The molecular weight excluding hydrogens is 222 g/mol. The molecule has 0 amide bonds. The first-order chi connectivity index (χ1) is 8.80. The van der Waals surface area contributed by atoms with Gasteiger partial charge in [0, 0.05) is 11.1 Å². The number of aryl methyl sites for hydroxylation is 1. The van der Waals surface area contributed by atoms with Crippen LogP contribution in [0.3, 0.4) is 0 Å². The third kappa shape index (κ3) is 2.14. The number of hydrogen-bond acceptors (Lipinski definition) is 2. The molecule has 18 heavy (non-hydrogen) atoms. The SMILES string of the molecule is CC1(c2cccc3c2OCCC3)CCCCCN1. The van der Waals surface area contributed by atoms with Crippen LogP contribution < -0.4 is 10.1 Å². The molecule has 1 atom stereocenters. The van der Waals surface area contributed by atoms with Crippen LogP contribution in [0.15, 0.2) is 18.2 Å². The fourth-order valence-electron chi connectivity index (χ4n) is 3.29. The van der Waals surface area contributed by atoms with E-state index in [1.807, 2.05) is 0 Å². The fraction of sp³-hybridized carbons (Fsp3) is 0.625. The first-order valence-corrected chi connectivity index (χ1v) is 7.30. The summed E-state index contributed by atoms with van der Waals surface area (Å²) in [5, 5.41) is 3.74. The Morgan fingerprint density at radius 2 is 2.11 bits per heavy atom. The first-order valence-electron chi connectivity index (χ1n) is 7.30. The third-order valence-corrected chi connectivity index (χ3v) is 4.40. The highest BCUT2D eigenvalue weighted by Crippen LogP contribution is 2.39. The second-order valence-electron chi connectivity index (χ2n) is 5.82. The van der Waals surface area contributed by atoms with Gasteiger partial charge >= 0.3 is 0 Å². The van der Waals surface area contributed by atoms with Crippen molar-refractivity contribution in [3.63, 3.8) is 0 Å². The van der Waals surface area contributed by atoms with E-state index >= 15 is 0 Å². The number of fused-ring (bicyclic) bond motifs is 1. The van der Waals surface area contributed by atoms with Gasteiger partial charge in [0.25, 0.3) is 0 Å². The van der Waals surface area contributed by atoms with Crippen LogP contribution in [0.4, 0.5) is 0 Å². The van der Waals surface area contributed by atoms with Crippen LogP contribution in [-0.4, -0.2) is 13.2 Å². The molecule has 2 aliphatic rings. The average molecular weight is 245 g/mol. The monoisotopic (exact) mass is 245 g/mol. The van der Waals surface area contributed by atoms with Crippen LogP contribution in [0.5, 0.6) is 5.75 Å². The largest absolute Gasteiger partial charge is 0.493 e. The Hall–Kier alpha value is -1.02. The normalized spacial score (nSPS) is 28.1. The van der Waals surface area contributed by atoms with E-state index in [0.717, 1.165) is 19.6 Å². The first kappa shape index (κ1) is 12.0. The molecule has 2 heteroatoms. The van der Waals surface area contributed by atoms with E-state index in [4.69, 9.17) is 4.74 Å². The zero-order chi connectivity index (χ0) is 12.4. The summed E-state index contributed by atoms with van der Waals surface area (Å²) in [5.41, 5.74) is 2.87. The number of benzene rings is 1. The Bertz CT molecular complexity index is 419. The van der Waals surface area contributed by atoms with E-state index in [9.17, 15) is 0 Å². The summed E-state index contributed by atoms with van der Waals surface area (Å²) in [5.74, 6) is 1.17. The van der Waals surface area contributed by atoms with E-state index in [1.165, 1.54) is 49.0 Å². The second kappa shape index (κ2) is 4.93. The van der Waals surface area contributed by atoms with Crippen molar-refractivity contribution in [2.75, 3.05) is 13.2 Å². The second-order valence-corrected chi connectivity index (χ2v) is 5.82. The van der Waals surface area contributed by atoms with E-state index in [1.54, 1.807) is 0 Å². The zero-order valence-corrected chi connectivity index (χ0v) is 11.3. The van der Waals surface area contributed by atoms with Crippen molar-refractivity contribution in [1.29, 1.82) is 0 Å². The van der Waals surface area contributed by atoms with Gasteiger partial charge in [-0.05, 0) is 44.7 Å². The Morgan fingerprint density at radius 1 is 1.17 bits per heavy atom. The van der Waals surface area contributed by atoms with Gasteiger partial charge in [0.2, 0.25) is 0 Å². The van der Waals surface area contributed by atoms with Gasteiger partial charge in [-0.15, -0.1) is 0 Å². The highest BCUT2D eigenvalue weighted by molar-refractivity contribution is 5.46. The molecule has 0 bridgehead atoms. The van der Waals surface area contributed by atoms with Crippen molar-refractivity contribution in [2.45, 2.75) is 51.0 Å². The van der Waals surface area contributed by atoms with Gasteiger partial charge in [-0.3, -0.25) is 0 Å². The summed E-state index contributed by atoms with van der Waals surface area (Å²) in [6, 6.07) is 6.67. The van der Waals surface area contributed by atoms with Gasteiger partial charge < -0.3 is 10.1 Å². The van der Waals surface area contributed by atoms with E-state index < -0.39 is 0 Å². The molecule has 0 aromatic heterocycles. The zero-order valence-electron chi connectivity index (χ0n) is 11.3. The molecule has 2 heterocycles. The summed E-state index contributed by atoms with van der Waals surface area (Å²) in [4.78, 5) is 0. The van der Waals surface area contributed by atoms with Gasteiger partial charge in [0.15, 0.2) is 0 Å². The molecule has 1 aromatic carbocycles. The van der Waals surface area contributed by atoms with Crippen molar-refractivity contribution in [3.05, 3.63) is 29.3 Å². The van der Waals surface area contributed by atoms with Crippen LogP contribution in [0.25, 0.3) is 0 Å². The minimum absolute atomic E-state index is 0.0964. The molecule has 2 aliphatic heterocycles. The molecule has 1 unspecified atom stereocenters. The number of hydrogen-bond donors (Lipinski definition) is 1. The molecule has 1 N–H and O–H groups in total. The number of para-hydroxylation sites is 1. The van der Waals surface area contributed by atoms with Gasteiger partial charge in [0.1, 0.15) is 5.75 Å². The van der Waals surface area contributed by atoms with E-state index in [0.29, 0.717) is 0 Å². The Balaban J connectivity index is 1.99. The number of nitrogens with one attached hydrogen (secondary N) is 1. The minimum atomic E-state index is 0.0964. The molecule has 1 fully saturated rings. The van der Waals surface area contributed by atoms with Gasteiger partial charge in [0.05, 0.1) is 6.61 Å². The molecule has 0 aliphatic carbocycles.